The molecule has 1 aromatic heterocycles. The van der Waals surface area contributed by atoms with Crippen molar-refractivity contribution < 1.29 is 13.9 Å². The molecule has 116 valence electrons. The van der Waals surface area contributed by atoms with E-state index in [1.165, 1.54) is 12.8 Å². The Labute approximate surface area is 128 Å². The Morgan fingerprint density at radius 1 is 1.14 bits per heavy atom. The van der Waals surface area contributed by atoms with Crippen LogP contribution in [0.2, 0.25) is 0 Å². The lowest BCUT2D eigenvalue weighted by Crippen LogP contribution is -2.32. The number of fused-ring (bicyclic) bond motifs is 2. The van der Waals surface area contributed by atoms with Crippen LogP contribution in [0.25, 0.3) is 11.0 Å². The molecule has 0 spiro atoms. The smallest absolute Gasteiger partial charge is 0.336 e. The summed E-state index contributed by atoms with van der Waals surface area (Å²) in [6.07, 6.45) is 2.43. The van der Waals surface area contributed by atoms with Gasteiger partial charge in [-0.25, -0.2) is 4.79 Å². The van der Waals surface area contributed by atoms with Crippen LogP contribution in [0.15, 0.2) is 27.4 Å². The molecule has 2 aliphatic heterocycles. The molecule has 1 saturated heterocycles. The third-order valence-corrected chi connectivity index (χ3v) is 4.59. The van der Waals surface area contributed by atoms with Gasteiger partial charge in [-0.15, -0.1) is 0 Å². The van der Waals surface area contributed by atoms with E-state index in [4.69, 9.17) is 13.9 Å². The maximum absolute atomic E-state index is 11.8. The maximum Gasteiger partial charge on any atom is 0.336 e. The van der Waals surface area contributed by atoms with Crippen molar-refractivity contribution in [3.63, 3.8) is 0 Å². The molecule has 0 aliphatic carbocycles. The topological polar surface area (TPSA) is 51.9 Å². The number of piperidine rings is 1. The highest BCUT2D eigenvalue weighted by Gasteiger charge is 2.20. The standard InChI is InChI=1S/C17H19NO4/c1-11-2-4-18(5-3-11)9-12-6-17(19)22-14-8-16-15(7-13(12)14)20-10-21-16/h6-8,11H,2-5,9-10H2,1H3. The minimum atomic E-state index is -0.313. The van der Waals surface area contributed by atoms with Gasteiger partial charge in [0.2, 0.25) is 6.79 Å². The quantitative estimate of drug-likeness (QED) is 0.798. The van der Waals surface area contributed by atoms with Crippen LogP contribution in [0.4, 0.5) is 0 Å². The minimum absolute atomic E-state index is 0.217. The predicted molar refractivity (Wildman–Crippen MR) is 82.3 cm³/mol. The fourth-order valence-electron chi connectivity index (χ4n) is 3.21. The van der Waals surface area contributed by atoms with E-state index in [2.05, 4.69) is 11.8 Å². The first-order chi connectivity index (χ1) is 10.7. The fraction of sp³-hybridized carbons (Fsp3) is 0.471. The lowest BCUT2D eigenvalue weighted by molar-refractivity contribution is 0.174. The Morgan fingerprint density at radius 3 is 2.64 bits per heavy atom. The minimum Gasteiger partial charge on any atom is -0.454 e. The summed E-state index contributed by atoms with van der Waals surface area (Å²) >= 11 is 0. The summed E-state index contributed by atoms with van der Waals surface area (Å²) < 4.78 is 16.1. The predicted octanol–water partition coefficient (Wildman–Crippen LogP) is 2.75. The summed E-state index contributed by atoms with van der Waals surface area (Å²) in [4.78, 5) is 14.2. The van der Waals surface area contributed by atoms with Crippen LogP contribution in [-0.4, -0.2) is 24.8 Å². The van der Waals surface area contributed by atoms with Gasteiger partial charge in [-0.1, -0.05) is 6.92 Å². The van der Waals surface area contributed by atoms with Crippen LogP contribution >= 0.6 is 0 Å². The summed E-state index contributed by atoms with van der Waals surface area (Å²) in [7, 11) is 0. The van der Waals surface area contributed by atoms with Crippen LogP contribution in [-0.2, 0) is 6.54 Å². The molecule has 4 rings (SSSR count). The Kier molecular flexibility index (Phi) is 3.30. The van der Waals surface area contributed by atoms with E-state index in [9.17, 15) is 4.79 Å². The highest BCUT2D eigenvalue weighted by molar-refractivity contribution is 5.84. The number of hydrogen-bond donors (Lipinski definition) is 0. The summed E-state index contributed by atoms with van der Waals surface area (Å²) in [6.45, 7) is 5.44. The number of hydrogen-bond acceptors (Lipinski definition) is 5. The van der Waals surface area contributed by atoms with E-state index in [1.807, 2.05) is 6.07 Å². The van der Waals surface area contributed by atoms with Crippen LogP contribution in [0, 0.1) is 5.92 Å². The van der Waals surface area contributed by atoms with Crippen molar-refractivity contribution in [3.05, 3.63) is 34.2 Å². The molecule has 0 N–H and O–H groups in total. The number of nitrogens with zero attached hydrogens (tertiary/aromatic N) is 1. The summed E-state index contributed by atoms with van der Waals surface area (Å²) in [5.41, 5.74) is 1.25. The average molecular weight is 301 g/mol. The number of likely N-dealkylation sites (tertiary alicyclic amines) is 1. The van der Waals surface area contributed by atoms with Crippen molar-refractivity contribution >= 4 is 11.0 Å². The largest absolute Gasteiger partial charge is 0.454 e. The highest BCUT2D eigenvalue weighted by Crippen LogP contribution is 2.37. The van der Waals surface area contributed by atoms with Gasteiger partial charge in [-0.05, 0) is 43.5 Å². The number of rotatable bonds is 2. The molecule has 1 aromatic carbocycles. The first-order valence-electron chi connectivity index (χ1n) is 7.78. The maximum atomic E-state index is 11.8. The van der Waals surface area contributed by atoms with Crippen LogP contribution in [0.3, 0.4) is 0 Å². The van der Waals surface area contributed by atoms with Gasteiger partial charge in [-0.2, -0.15) is 0 Å². The Balaban J connectivity index is 1.71. The molecule has 2 aliphatic rings. The average Bonchev–Trinajstić information content (AvgIpc) is 2.95. The van der Waals surface area contributed by atoms with Crippen LogP contribution in [0.5, 0.6) is 11.5 Å². The van der Waals surface area contributed by atoms with E-state index in [0.717, 1.165) is 42.3 Å². The summed E-state index contributed by atoms with van der Waals surface area (Å²) in [6, 6.07) is 5.27. The zero-order chi connectivity index (χ0) is 15.1. The van der Waals surface area contributed by atoms with Gasteiger partial charge in [0, 0.05) is 24.1 Å². The van der Waals surface area contributed by atoms with Crippen molar-refractivity contribution in [1.82, 2.24) is 4.90 Å². The normalized spacial score (nSPS) is 19.0. The molecule has 0 atom stereocenters. The zero-order valence-electron chi connectivity index (χ0n) is 12.6. The second-order valence-electron chi connectivity index (χ2n) is 6.25. The van der Waals surface area contributed by atoms with Crippen molar-refractivity contribution in [1.29, 1.82) is 0 Å². The van der Waals surface area contributed by atoms with Gasteiger partial charge in [-0.3, -0.25) is 4.90 Å². The second-order valence-corrected chi connectivity index (χ2v) is 6.25. The molecule has 0 bridgehead atoms. The summed E-state index contributed by atoms with van der Waals surface area (Å²) in [5, 5.41) is 0.933. The lowest BCUT2D eigenvalue weighted by Gasteiger charge is -2.30. The van der Waals surface area contributed by atoms with Crippen molar-refractivity contribution in [2.45, 2.75) is 26.3 Å². The molecule has 5 nitrogen and oxygen atoms in total. The molecule has 1 fully saturated rings. The Bertz CT molecular complexity index is 759. The van der Waals surface area contributed by atoms with E-state index in [1.54, 1.807) is 12.1 Å². The van der Waals surface area contributed by atoms with E-state index in [0.29, 0.717) is 11.3 Å². The molecule has 3 heterocycles. The molecule has 2 aromatic rings. The molecular weight excluding hydrogens is 282 g/mol. The molecule has 0 radical (unpaired) electrons. The third-order valence-electron chi connectivity index (χ3n) is 4.59. The van der Waals surface area contributed by atoms with Crippen molar-refractivity contribution in [2.75, 3.05) is 19.9 Å². The first-order valence-corrected chi connectivity index (χ1v) is 7.78. The van der Waals surface area contributed by atoms with Crippen molar-refractivity contribution in [3.8, 4) is 11.5 Å². The van der Waals surface area contributed by atoms with Crippen LogP contribution in [0.1, 0.15) is 25.3 Å². The van der Waals surface area contributed by atoms with E-state index < -0.39 is 0 Å². The Hall–Kier alpha value is -2.01. The van der Waals surface area contributed by atoms with Gasteiger partial charge in [0.05, 0.1) is 0 Å². The van der Waals surface area contributed by atoms with Gasteiger partial charge in [0.15, 0.2) is 11.5 Å². The van der Waals surface area contributed by atoms with E-state index >= 15 is 0 Å². The first kappa shape index (κ1) is 13.6. The molecule has 22 heavy (non-hydrogen) atoms. The molecule has 5 heteroatoms. The lowest BCUT2D eigenvalue weighted by atomic mass is 9.98. The highest BCUT2D eigenvalue weighted by atomic mass is 16.7. The van der Waals surface area contributed by atoms with Gasteiger partial charge >= 0.3 is 5.63 Å². The molecule has 0 saturated carbocycles. The fourth-order valence-corrected chi connectivity index (χ4v) is 3.21. The monoisotopic (exact) mass is 301 g/mol. The zero-order valence-corrected chi connectivity index (χ0v) is 12.6. The van der Waals surface area contributed by atoms with E-state index in [-0.39, 0.29) is 12.4 Å². The van der Waals surface area contributed by atoms with Gasteiger partial charge in [0.1, 0.15) is 5.58 Å². The van der Waals surface area contributed by atoms with Gasteiger partial charge in [0.25, 0.3) is 0 Å². The molecular formula is C17H19NO4. The van der Waals surface area contributed by atoms with Gasteiger partial charge < -0.3 is 13.9 Å². The number of ether oxygens (including phenoxy) is 2. The van der Waals surface area contributed by atoms with Crippen molar-refractivity contribution in [2.24, 2.45) is 5.92 Å². The molecule has 0 amide bonds. The number of benzene rings is 1. The molecule has 0 unspecified atom stereocenters. The summed E-state index contributed by atoms with van der Waals surface area (Å²) in [5.74, 6) is 2.15. The Morgan fingerprint density at radius 2 is 1.86 bits per heavy atom. The van der Waals surface area contributed by atoms with Crippen LogP contribution < -0.4 is 15.1 Å². The third kappa shape index (κ3) is 2.46. The SMILES string of the molecule is CC1CCN(Cc2cc(=O)oc3cc4c(cc23)OCO4)CC1. The second kappa shape index (κ2) is 5.32.